The van der Waals surface area contributed by atoms with E-state index in [-0.39, 0.29) is 23.6 Å². The molecule has 0 aliphatic heterocycles. The minimum Gasteiger partial charge on any atom is -0.392 e. The SMILES string of the molecule is CC(C)(C)NC(=O)CNC1CCCC1O. The van der Waals surface area contributed by atoms with Gasteiger partial charge >= 0.3 is 0 Å². The summed E-state index contributed by atoms with van der Waals surface area (Å²) in [5, 5.41) is 15.5. The van der Waals surface area contributed by atoms with Crippen LogP contribution in [0.5, 0.6) is 0 Å². The smallest absolute Gasteiger partial charge is 0.234 e. The number of aliphatic hydroxyl groups is 1. The van der Waals surface area contributed by atoms with Crippen LogP contribution in [0.4, 0.5) is 0 Å². The molecule has 0 aromatic rings. The van der Waals surface area contributed by atoms with Crippen LogP contribution < -0.4 is 10.6 Å². The van der Waals surface area contributed by atoms with Gasteiger partial charge in [0, 0.05) is 11.6 Å². The quantitative estimate of drug-likeness (QED) is 0.637. The second kappa shape index (κ2) is 4.94. The highest BCUT2D eigenvalue weighted by Crippen LogP contribution is 2.18. The van der Waals surface area contributed by atoms with E-state index < -0.39 is 0 Å². The van der Waals surface area contributed by atoms with Crippen molar-refractivity contribution in [1.82, 2.24) is 10.6 Å². The number of rotatable bonds is 3. The highest BCUT2D eigenvalue weighted by Gasteiger charge is 2.25. The summed E-state index contributed by atoms with van der Waals surface area (Å²) in [5.41, 5.74) is -0.187. The zero-order chi connectivity index (χ0) is 11.5. The molecule has 1 rings (SSSR count). The monoisotopic (exact) mass is 214 g/mol. The second-order valence-corrected chi connectivity index (χ2v) is 5.28. The third-order valence-electron chi connectivity index (χ3n) is 2.52. The number of nitrogens with one attached hydrogen (secondary N) is 2. The number of aliphatic hydroxyl groups excluding tert-OH is 1. The minimum absolute atomic E-state index is 0.0124. The number of carbonyl (C=O) groups excluding carboxylic acids is 1. The molecule has 1 fully saturated rings. The molecule has 4 heteroatoms. The van der Waals surface area contributed by atoms with E-state index in [1.807, 2.05) is 20.8 Å². The van der Waals surface area contributed by atoms with Crippen molar-refractivity contribution in [2.45, 2.75) is 57.7 Å². The van der Waals surface area contributed by atoms with E-state index in [0.717, 1.165) is 19.3 Å². The minimum atomic E-state index is -0.285. The van der Waals surface area contributed by atoms with Crippen LogP contribution in [0, 0.1) is 0 Å². The Labute approximate surface area is 91.4 Å². The molecule has 3 N–H and O–H groups in total. The molecule has 1 saturated carbocycles. The summed E-state index contributed by atoms with van der Waals surface area (Å²) in [6.07, 6.45) is 2.56. The molecule has 0 saturated heterocycles. The molecule has 0 spiro atoms. The Bertz CT molecular complexity index is 223. The van der Waals surface area contributed by atoms with Crippen LogP contribution in [-0.4, -0.2) is 35.2 Å². The van der Waals surface area contributed by atoms with Gasteiger partial charge < -0.3 is 15.7 Å². The Morgan fingerprint density at radius 2 is 2.07 bits per heavy atom. The van der Waals surface area contributed by atoms with Gasteiger partial charge in [0.25, 0.3) is 0 Å². The Hall–Kier alpha value is -0.610. The molecular formula is C11H22N2O2. The highest BCUT2D eigenvalue weighted by atomic mass is 16.3. The summed E-state index contributed by atoms with van der Waals surface area (Å²) in [5.74, 6) is -0.0124. The number of hydrogen-bond acceptors (Lipinski definition) is 3. The van der Waals surface area contributed by atoms with Gasteiger partial charge in [0.05, 0.1) is 12.6 Å². The average molecular weight is 214 g/mol. The zero-order valence-corrected chi connectivity index (χ0v) is 9.84. The van der Waals surface area contributed by atoms with Gasteiger partial charge in [-0.2, -0.15) is 0 Å². The number of carbonyl (C=O) groups is 1. The standard InChI is InChI=1S/C11H22N2O2/c1-11(2,3)13-10(15)7-12-8-5-4-6-9(8)14/h8-9,12,14H,4-7H2,1-3H3,(H,13,15). The van der Waals surface area contributed by atoms with E-state index in [1.54, 1.807) is 0 Å². The van der Waals surface area contributed by atoms with Crippen molar-refractivity contribution < 1.29 is 9.90 Å². The molecular weight excluding hydrogens is 192 g/mol. The first-order chi connectivity index (χ1) is 6.88. The molecule has 2 unspecified atom stereocenters. The topological polar surface area (TPSA) is 61.4 Å². The Morgan fingerprint density at radius 3 is 2.53 bits per heavy atom. The van der Waals surface area contributed by atoms with Gasteiger partial charge in [0.1, 0.15) is 0 Å². The van der Waals surface area contributed by atoms with E-state index in [9.17, 15) is 9.90 Å². The van der Waals surface area contributed by atoms with E-state index in [0.29, 0.717) is 6.54 Å². The van der Waals surface area contributed by atoms with Gasteiger partial charge in [-0.25, -0.2) is 0 Å². The van der Waals surface area contributed by atoms with Crippen molar-refractivity contribution in [1.29, 1.82) is 0 Å². The lowest BCUT2D eigenvalue weighted by molar-refractivity contribution is -0.121. The molecule has 1 aliphatic rings. The fraction of sp³-hybridized carbons (Fsp3) is 0.909. The first kappa shape index (κ1) is 12.5. The Morgan fingerprint density at radius 1 is 1.40 bits per heavy atom. The fourth-order valence-corrected chi connectivity index (χ4v) is 1.86. The molecule has 4 nitrogen and oxygen atoms in total. The molecule has 15 heavy (non-hydrogen) atoms. The van der Waals surface area contributed by atoms with E-state index in [2.05, 4.69) is 10.6 Å². The third kappa shape index (κ3) is 4.62. The lowest BCUT2D eigenvalue weighted by atomic mass is 10.1. The van der Waals surface area contributed by atoms with Crippen molar-refractivity contribution in [3.05, 3.63) is 0 Å². The summed E-state index contributed by atoms with van der Waals surface area (Å²) >= 11 is 0. The van der Waals surface area contributed by atoms with Crippen LogP contribution in [0.25, 0.3) is 0 Å². The van der Waals surface area contributed by atoms with Crippen molar-refractivity contribution in [2.75, 3.05) is 6.54 Å². The molecule has 1 amide bonds. The maximum absolute atomic E-state index is 11.5. The first-order valence-corrected chi connectivity index (χ1v) is 5.61. The molecule has 0 bridgehead atoms. The summed E-state index contributed by atoms with van der Waals surface area (Å²) in [7, 11) is 0. The average Bonchev–Trinajstić information content (AvgIpc) is 2.44. The van der Waals surface area contributed by atoms with Crippen molar-refractivity contribution in [2.24, 2.45) is 0 Å². The van der Waals surface area contributed by atoms with E-state index in [4.69, 9.17) is 0 Å². The van der Waals surface area contributed by atoms with Crippen molar-refractivity contribution in [3.8, 4) is 0 Å². The highest BCUT2D eigenvalue weighted by molar-refractivity contribution is 5.78. The molecule has 0 radical (unpaired) electrons. The molecule has 0 aromatic carbocycles. The predicted octanol–water partition coefficient (Wildman–Crippen LogP) is 0.404. The fourth-order valence-electron chi connectivity index (χ4n) is 1.86. The Kier molecular flexibility index (Phi) is 4.11. The first-order valence-electron chi connectivity index (χ1n) is 5.61. The van der Waals surface area contributed by atoms with Crippen LogP contribution in [0.1, 0.15) is 40.0 Å². The van der Waals surface area contributed by atoms with E-state index in [1.165, 1.54) is 0 Å². The largest absolute Gasteiger partial charge is 0.392 e. The van der Waals surface area contributed by atoms with Crippen LogP contribution in [0.2, 0.25) is 0 Å². The molecule has 1 aliphatic carbocycles. The van der Waals surface area contributed by atoms with Gasteiger partial charge in [-0.05, 0) is 40.0 Å². The predicted molar refractivity (Wildman–Crippen MR) is 59.5 cm³/mol. The normalized spacial score (nSPS) is 26.7. The summed E-state index contributed by atoms with van der Waals surface area (Å²) in [4.78, 5) is 11.5. The second-order valence-electron chi connectivity index (χ2n) is 5.28. The lowest BCUT2D eigenvalue weighted by Crippen LogP contribution is -2.47. The van der Waals surface area contributed by atoms with Gasteiger partial charge in [0.2, 0.25) is 5.91 Å². The third-order valence-corrected chi connectivity index (χ3v) is 2.52. The van der Waals surface area contributed by atoms with Crippen LogP contribution in [0.3, 0.4) is 0 Å². The molecule has 88 valence electrons. The Balaban J connectivity index is 2.22. The van der Waals surface area contributed by atoms with Gasteiger partial charge in [0.15, 0.2) is 0 Å². The van der Waals surface area contributed by atoms with Crippen LogP contribution in [-0.2, 0) is 4.79 Å². The summed E-state index contributed by atoms with van der Waals surface area (Å²) < 4.78 is 0. The maximum atomic E-state index is 11.5. The van der Waals surface area contributed by atoms with Crippen LogP contribution >= 0.6 is 0 Å². The zero-order valence-electron chi connectivity index (χ0n) is 9.84. The van der Waals surface area contributed by atoms with Crippen molar-refractivity contribution in [3.63, 3.8) is 0 Å². The number of amides is 1. The molecule has 0 aromatic heterocycles. The van der Waals surface area contributed by atoms with Crippen LogP contribution in [0.15, 0.2) is 0 Å². The molecule has 2 atom stereocenters. The number of hydrogen-bond donors (Lipinski definition) is 3. The maximum Gasteiger partial charge on any atom is 0.234 e. The van der Waals surface area contributed by atoms with Gasteiger partial charge in [-0.3, -0.25) is 4.79 Å². The van der Waals surface area contributed by atoms with E-state index >= 15 is 0 Å². The summed E-state index contributed by atoms with van der Waals surface area (Å²) in [6, 6.07) is 0.0933. The van der Waals surface area contributed by atoms with Crippen molar-refractivity contribution >= 4 is 5.91 Å². The van der Waals surface area contributed by atoms with Gasteiger partial charge in [-0.1, -0.05) is 0 Å². The summed E-state index contributed by atoms with van der Waals surface area (Å²) in [6.45, 7) is 6.15. The van der Waals surface area contributed by atoms with Gasteiger partial charge in [-0.15, -0.1) is 0 Å². The molecule has 0 heterocycles. The lowest BCUT2D eigenvalue weighted by Gasteiger charge is -2.22.